The number of imidazole rings is 1. The van der Waals surface area contributed by atoms with Gasteiger partial charge < -0.3 is 4.57 Å². The van der Waals surface area contributed by atoms with E-state index in [1.807, 2.05) is 25.5 Å². The molecule has 0 amide bonds. The Kier molecular flexibility index (Phi) is 5.02. The fourth-order valence-corrected chi connectivity index (χ4v) is 4.35. The molecule has 0 aliphatic carbocycles. The van der Waals surface area contributed by atoms with Crippen LogP contribution < -0.4 is 0 Å². The third-order valence-electron chi connectivity index (χ3n) is 6.01. The molecule has 2 aromatic heterocycles. The van der Waals surface area contributed by atoms with E-state index in [0.717, 1.165) is 48.0 Å². The van der Waals surface area contributed by atoms with Gasteiger partial charge in [0.2, 0.25) is 0 Å². The molecule has 5 heteroatoms. The average molecular weight is 410 g/mol. The Bertz CT molecular complexity index is 1240. The van der Waals surface area contributed by atoms with Crippen LogP contribution in [0.1, 0.15) is 58.4 Å². The fourth-order valence-electron chi connectivity index (χ4n) is 4.35. The number of hydrogen-bond acceptors (Lipinski definition) is 3. The van der Waals surface area contributed by atoms with Crippen molar-refractivity contribution in [2.24, 2.45) is 0 Å². The lowest BCUT2D eigenvalue weighted by molar-refractivity contribution is 0.445. The second-order valence-electron chi connectivity index (χ2n) is 8.46. The van der Waals surface area contributed by atoms with Gasteiger partial charge >= 0.3 is 0 Å². The summed E-state index contributed by atoms with van der Waals surface area (Å²) in [5, 5.41) is 4.76. The molecule has 4 aromatic rings. The number of rotatable bonds is 4. The van der Waals surface area contributed by atoms with Crippen LogP contribution in [-0.4, -0.2) is 24.3 Å². The van der Waals surface area contributed by atoms with Crippen molar-refractivity contribution >= 4 is 12.2 Å². The van der Waals surface area contributed by atoms with Crippen molar-refractivity contribution in [1.82, 2.24) is 24.3 Å². The molecule has 0 saturated heterocycles. The van der Waals surface area contributed by atoms with Crippen LogP contribution in [0.5, 0.6) is 0 Å². The monoisotopic (exact) mass is 409 g/mol. The third kappa shape index (κ3) is 3.96. The number of aryl methyl sites for hydroxylation is 4. The number of hydrogen-bond donors (Lipinski definition) is 0. The van der Waals surface area contributed by atoms with Crippen molar-refractivity contribution in [3.05, 3.63) is 94.6 Å². The highest BCUT2D eigenvalue weighted by Gasteiger charge is 2.25. The molecule has 3 heterocycles. The Labute approximate surface area is 183 Å². The summed E-state index contributed by atoms with van der Waals surface area (Å²) in [7, 11) is 0. The van der Waals surface area contributed by atoms with Gasteiger partial charge in [0.1, 0.15) is 5.82 Å². The molecular weight excluding hydrogens is 382 g/mol. The average Bonchev–Trinajstić information content (AvgIpc) is 3.38. The first-order valence-corrected chi connectivity index (χ1v) is 10.9. The Hall–Kier alpha value is -3.47. The van der Waals surface area contributed by atoms with E-state index in [0.29, 0.717) is 5.92 Å². The molecule has 5 rings (SSSR count). The predicted molar refractivity (Wildman–Crippen MR) is 124 cm³/mol. The normalized spacial score (nSPS) is 16.0. The number of aromatic nitrogens is 5. The van der Waals surface area contributed by atoms with Crippen LogP contribution in [-0.2, 0) is 6.54 Å². The summed E-state index contributed by atoms with van der Waals surface area (Å²) in [6.45, 7) is 7.20. The summed E-state index contributed by atoms with van der Waals surface area (Å²) in [6, 6.07) is 15.3. The maximum absolute atomic E-state index is 4.89. The van der Waals surface area contributed by atoms with Gasteiger partial charge in [-0.15, -0.1) is 0 Å². The van der Waals surface area contributed by atoms with Crippen LogP contribution in [0, 0.1) is 20.8 Å². The molecule has 0 fully saturated rings. The summed E-state index contributed by atoms with van der Waals surface area (Å²) in [6.07, 6.45) is 10.3. The molecule has 5 nitrogen and oxygen atoms in total. The third-order valence-corrected chi connectivity index (χ3v) is 6.01. The van der Waals surface area contributed by atoms with E-state index < -0.39 is 0 Å². The number of fused-ring (bicyclic) bond motifs is 1. The molecule has 1 atom stereocenters. The minimum absolute atomic E-state index is 0.323. The Morgan fingerprint density at radius 3 is 2.58 bits per heavy atom. The summed E-state index contributed by atoms with van der Waals surface area (Å²) in [5.74, 6) is 2.18. The smallest absolute Gasteiger partial charge is 0.174 e. The molecular formula is C26H27N5. The van der Waals surface area contributed by atoms with Crippen LogP contribution in [0.4, 0.5) is 0 Å². The predicted octanol–water partition coefficient (Wildman–Crippen LogP) is 5.49. The van der Waals surface area contributed by atoms with E-state index in [1.165, 1.54) is 16.7 Å². The first-order valence-electron chi connectivity index (χ1n) is 10.9. The zero-order valence-corrected chi connectivity index (χ0v) is 18.3. The first-order chi connectivity index (χ1) is 15.1. The lowest BCUT2D eigenvalue weighted by atomic mass is 9.91. The Balaban J connectivity index is 1.38. The van der Waals surface area contributed by atoms with E-state index >= 15 is 0 Å². The van der Waals surface area contributed by atoms with E-state index in [1.54, 1.807) is 0 Å². The molecule has 0 spiro atoms. The molecule has 1 aliphatic rings. The van der Waals surface area contributed by atoms with Gasteiger partial charge in [0.15, 0.2) is 5.82 Å². The summed E-state index contributed by atoms with van der Waals surface area (Å²) >= 11 is 0. The van der Waals surface area contributed by atoms with E-state index in [2.05, 4.69) is 76.6 Å². The van der Waals surface area contributed by atoms with E-state index in [9.17, 15) is 0 Å². The highest BCUT2D eigenvalue weighted by atomic mass is 15.4. The zero-order valence-electron chi connectivity index (χ0n) is 18.3. The summed E-state index contributed by atoms with van der Waals surface area (Å²) < 4.78 is 4.15. The lowest BCUT2D eigenvalue weighted by Gasteiger charge is -2.22. The number of nitrogens with zero attached hydrogens (tertiary/aromatic N) is 5. The molecule has 156 valence electrons. The van der Waals surface area contributed by atoms with Gasteiger partial charge in [-0.05, 0) is 68.5 Å². The topological polar surface area (TPSA) is 48.5 Å². The van der Waals surface area contributed by atoms with Gasteiger partial charge in [-0.1, -0.05) is 42.0 Å². The second kappa shape index (κ2) is 7.99. The van der Waals surface area contributed by atoms with Gasteiger partial charge in [0.05, 0.1) is 12.0 Å². The van der Waals surface area contributed by atoms with Crippen LogP contribution in [0.2, 0.25) is 0 Å². The quantitative estimate of drug-likeness (QED) is 0.448. The molecule has 0 N–H and O–H groups in total. The summed E-state index contributed by atoms with van der Waals surface area (Å²) in [5.41, 5.74) is 7.12. The molecule has 0 bridgehead atoms. The van der Waals surface area contributed by atoms with E-state index in [-0.39, 0.29) is 0 Å². The lowest BCUT2D eigenvalue weighted by Crippen LogP contribution is -2.17. The van der Waals surface area contributed by atoms with Crippen molar-refractivity contribution in [3.63, 3.8) is 0 Å². The Morgan fingerprint density at radius 1 is 1.00 bits per heavy atom. The van der Waals surface area contributed by atoms with Crippen LogP contribution in [0.3, 0.4) is 0 Å². The first kappa shape index (κ1) is 19.5. The van der Waals surface area contributed by atoms with Crippen molar-refractivity contribution in [3.8, 4) is 5.69 Å². The van der Waals surface area contributed by atoms with E-state index in [4.69, 9.17) is 10.1 Å². The Morgan fingerprint density at radius 2 is 1.84 bits per heavy atom. The van der Waals surface area contributed by atoms with Crippen molar-refractivity contribution in [1.29, 1.82) is 0 Å². The molecule has 2 aromatic carbocycles. The highest BCUT2D eigenvalue weighted by molar-refractivity contribution is 5.68. The maximum atomic E-state index is 4.89. The summed E-state index contributed by atoms with van der Waals surface area (Å²) in [4.78, 5) is 9.22. The minimum Gasteiger partial charge on any atom is -0.306 e. The van der Waals surface area contributed by atoms with Crippen molar-refractivity contribution in [2.45, 2.75) is 46.1 Å². The van der Waals surface area contributed by atoms with Gasteiger partial charge in [-0.25, -0.2) is 14.6 Å². The number of benzene rings is 2. The molecule has 1 aliphatic heterocycles. The highest BCUT2D eigenvalue weighted by Crippen LogP contribution is 2.32. The van der Waals surface area contributed by atoms with Crippen LogP contribution in [0.25, 0.3) is 17.8 Å². The van der Waals surface area contributed by atoms with Crippen molar-refractivity contribution in [2.75, 3.05) is 0 Å². The zero-order chi connectivity index (χ0) is 21.4. The second-order valence-corrected chi connectivity index (χ2v) is 8.46. The molecule has 0 saturated carbocycles. The van der Waals surface area contributed by atoms with Gasteiger partial charge in [0, 0.05) is 24.3 Å². The van der Waals surface area contributed by atoms with Gasteiger partial charge in [-0.3, -0.25) is 0 Å². The largest absolute Gasteiger partial charge is 0.306 e. The standard InChI is InChI=1S/C26H27N5/c1-18-6-10-22(11-7-18)23-5-4-14-31-26(23)28-25(29-31)13-9-21-8-12-24(19(2)15-21)30-16-20(3)27-17-30/h6-13,15-17,23H,4-5,14H2,1-3H3/b13-9+/t23-/m1/s1. The van der Waals surface area contributed by atoms with Crippen LogP contribution >= 0.6 is 0 Å². The maximum Gasteiger partial charge on any atom is 0.174 e. The van der Waals surface area contributed by atoms with Crippen LogP contribution in [0.15, 0.2) is 55.0 Å². The van der Waals surface area contributed by atoms with Crippen molar-refractivity contribution < 1.29 is 0 Å². The molecule has 31 heavy (non-hydrogen) atoms. The molecule has 0 unspecified atom stereocenters. The SMILES string of the molecule is Cc1ccc([C@H]2CCCn3nc(/C=C/c4ccc(-n5cnc(C)c5)c(C)c4)nc32)cc1. The molecule has 0 radical (unpaired) electrons. The fraction of sp³-hybridized carbons (Fsp3) is 0.269. The van der Waals surface area contributed by atoms with Gasteiger partial charge in [0.25, 0.3) is 0 Å². The van der Waals surface area contributed by atoms with Gasteiger partial charge in [-0.2, -0.15) is 5.10 Å². The minimum atomic E-state index is 0.323.